The number of hydrogen-bond acceptors (Lipinski definition) is 4. The Labute approximate surface area is 130 Å². The van der Waals surface area contributed by atoms with E-state index in [1.807, 2.05) is 67.6 Å². The van der Waals surface area contributed by atoms with Gasteiger partial charge >= 0.3 is 0 Å². The first-order valence-electron chi connectivity index (χ1n) is 6.76. The van der Waals surface area contributed by atoms with Gasteiger partial charge in [-0.15, -0.1) is 0 Å². The van der Waals surface area contributed by atoms with Crippen molar-refractivity contribution >= 4 is 17.7 Å². The van der Waals surface area contributed by atoms with E-state index < -0.39 is 0 Å². The van der Waals surface area contributed by atoms with Gasteiger partial charge in [0.05, 0.1) is 17.8 Å². The van der Waals surface area contributed by atoms with Crippen LogP contribution in [0.4, 0.5) is 5.69 Å². The highest BCUT2D eigenvalue weighted by molar-refractivity contribution is 7.94. The molecule has 2 rings (SSSR count). The van der Waals surface area contributed by atoms with Crippen molar-refractivity contribution in [3.63, 3.8) is 0 Å². The van der Waals surface area contributed by atoms with E-state index in [4.69, 9.17) is 8.92 Å². The summed E-state index contributed by atoms with van der Waals surface area (Å²) in [5.41, 5.74) is 0.955. The van der Waals surface area contributed by atoms with E-state index in [1.54, 1.807) is 0 Å². The Morgan fingerprint density at radius 2 is 1.71 bits per heavy atom. The molecule has 21 heavy (non-hydrogen) atoms. The molecule has 0 radical (unpaired) electrons. The Morgan fingerprint density at radius 1 is 1.10 bits per heavy atom. The standard InChI is InChI=1S/C17H19NO2S/c1-14(19-17-11-7-4-8-12-17)13-21-20-15(2)18-16-9-5-3-6-10-16/h3-12,14,18H,2,13H2,1H3. The summed E-state index contributed by atoms with van der Waals surface area (Å²) < 4.78 is 11.2. The molecule has 3 nitrogen and oxygen atoms in total. The maximum absolute atomic E-state index is 5.76. The van der Waals surface area contributed by atoms with Crippen molar-refractivity contribution < 1.29 is 8.92 Å². The minimum absolute atomic E-state index is 0.0573. The highest BCUT2D eigenvalue weighted by Gasteiger charge is 2.06. The Hall–Kier alpha value is -2.07. The molecule has 0 aliphatic heterocycles. The maximum Gasteiger partial charge on any atom is 0.199 e. The topological polar surface area (TPSA) is 30.5 Å². The van der Waals surface area contributed by atoms with Crippen molar-refractivity contribution in [3.05, 3.63) is 73.1 Å². The van der Waals surface area contributed by atoms with Gasteiger partial charge in [-0.25, -0.2) is 0 Å². The molecule has 1 N–H and O–H groups in total. The molecule has 0 heterocycles. The molecule has 0 spiro atoms. The van der Waals surface area contributed by atoms with Gasteiger partial charge in [-0.1, -0.05) is 36.4 Å². The average molecular weight is 301 g/mol. The number of rotatable bonds is 8. The number of nitrogens with one attached hydrogen (secondary N) is 1. The predicted molar refractivity (Wildman–Crippen MR) is 89.3 cm³/mol. The Kier molecular flexibility index (Phi) is 6.03. The normalized spacial score (nSPS) is 11.5. The third kappa shape index (κ3) is 5.83. The van der Waals surface area contributed by atoms with Gasteiger partial charge in [0, 0.05) is 5.69 Å². The van der Waals surface area contributed by atoms with Crippen LogP contribution in [0.1, 0.15) is 6.92 Å². The predicted octanol–water partition coefficient (Wildman–Crippen LogP) is 4.70. The molecule has 0 saturated heterocycles. The van der Waals surface area contributed by atoms with E-state index in [2.05, 4.69) is 11.9 Å². The number of ether oxygens (including phenoxy) is 1. The van der Waals surface area contributed by atoms with Crippen LogP contribution >= 0.6 is 12.0 Å². The first-order chi connectivity index (χ1) is 10.2. The van der Waals surface area contributed by atoms with Crippen LogP contribution in [-0.4, -0.2) is 11.9 Å². The van der Waals surface area contributed by atoms with Gasteiger partial charge in [0.2, 0.25) is 0 Å². The molecule has 2 aromatic rings. The quantitative estimate of drug-likeness (QED) is 0.565. The van der Waals surface area contributed by atoms with Crippen molar-refractivity contribution in [3.8, 4) is 5.75 Å². The number of benzene rings is 2. The Balaban J connectivity index is 1.66. The number of para-hydroxylation sites is 2. The highest BCUT2D eigenvalue weighted by atomic mass is 32.2. The second-order valence-corrected chi connectivity index (χ2v) is 5.26. The minimum Gasteiger partial charge on any atom is -0.490 e. The molecule has 0 aliphatic rings. The van der Waals surface area contributed by atoms with Crippen molar-refractivity contribution in [2.45, 2.75) is 13.0 Å². The van der Waals surface area contributed by atoms with Crippen LogP contribution in [0, 0.1) is 0 Å². The van der Waals surface area contributed by atoms with Crippen LogP contribution in [0.5, 0.6) is 5.75 Å². The summed E-state index contributed by atoms with van der Waals surface area (Å²) in [6, 6.07) is 19.6. The molecule has 110 valence electrons. The van der Waals surface area contributed by atoms with Crippen LogP contribution in [0.2, 0.25) is 0 Å². The SMILES string of the molecule is C=C(Nc1ccccc1)OSCC(C)Oc1ccccc1. The van der Waals surface area contributed by atoms with Crippen molar-refractivity contribution in [1.29, 1.82) is 0 Å². The smallest absolute Gasteiger partial charge is 0.199 e. The van der Waals surface area contributed by atoms with E-state index in [0.717, 1.165) is 11.4 Å². The first kappa shape index (κ1) is 15.3. The summed E-state index contributed by atoms with van der Waals surface area (Å²) in [6.07, 6.45) is 0.0573. The molecule has 0 amide bonds. The fraction of sp³-hybridized carbons (Fsp3) is 0.176. The minimum atomic E-state index is 0.0573. The maximum atomic E-state index is 5.76. The molecule has 0 aromatic heterocycles. The zero-order valence-electron chi connectivity index (χ0n) is 12.0. The lowest BCUT2D eigenvalue weighted by Gasteiger charge is -2.15. The summed E-state index contributed by atoms with van der Waals surface area (Å²) in [6.45, 7) is 5.85. The van der Waals surface area contributed by atoms with E-state index in [-0.39, 0.29) is 6.10 Å². The largest absolute Gasteiger partial charge is 0.490 e. The van der Waals surface area contributed by atoms with Crippen molar-refractivity contribution in [2.75, 3.05) is 11.1 Å². The van der Waals surface area contributed by atoms with Gasteiger partial charge < -0.3 is 14.2 Å². The lowest BCUT2D eigenvalue weighted by Crippen LogP contribution is -2.15. The number of hydrogen-bond donors (Lipinski definition) is 1. The molecule has 4 heteroatoms. The molecular weight excluding hydrogens is 282 g/mol. The van der Waals surface area contributed by atoms with E-state index in [0.29, 0.717) is 11.6 Å². The molecular formula is C17H19NO2S. The Morgan fingerprint density at radius 3 is 2.38 bits per heavy atom. The monoisotopic (exact) mass is 301 g/mol. The molecule has 1 atom stereocenters. The summed E-state index contributed by atoms with van der Waals surface area (Å²) in [5.74, 6) is 2.09. The van der Waals surface area contributed by atoms with Gasteiger partial charge in [-0.2, -0.15) is 0 Å². The number of anilines is 1. The summed E-state index contributed by atoms with van der Waals surface area (Å²) in [7, 11) is 0. The zero-order valence-corrected chi connectivity index (χ0v) is 12.8. The lowest BCUT2D eigenvalue weighted by molar-refractivity contribution is 0.245. The fourth-order valence-electron chi connectivity index (χ4n) is 1.67. The van der Waals surface area contributed by atoms with Gasteiger partial charge in [-0.05, 0) is 37.8 Å². The molecule has 1 unspecified atom stereocenters. The van der Waals surface area contributed by atoms with Crippen molar-refractivity contribution in [2.24, 2.45) is 0 Å². The van der Waals surface area contributed by atoms with Crippen LogP contribution < -0.4 is 10.1 Å². The first-order valence-corrected chi connectivity index (χ1v) is 7.67. The molecule has 0 bridgehead atoms. The zero-order chi connectivity index (χ0) is 14.9. The van der Waals surface area contributed by atoms with Crippen molar-refractivity contribution in [1.82, 2.24) is 0 Å². The average Bonchev–Trinajstić information content (AvgIpc) is 2.49. The van der Waals surface area contributed by atoms with Gasteiger partial charge in [0.25, 0.3) is 0 Å². The van der Waals surface area contributed by atoms with Crippen LogP contribution in [0.15, 0.2) is 73.1 Å². The third-order valence-corrected chi connectivity index (χ3v) is 3.52. The third-order valence-electron chi connectivity index (χ3n) is 2.60. The van der Waals surface area contributed by atoms with E-state index in [1.165, 1.54) is 12.0 Å². The molecule has 0 aliphatic carbocycles. The van der Waals surface area contributed by atoms with Gasteiger partial charge in [0.15, 0.2) is 5.88 Å². The van der Waals surface area contributed by atoms with E-state index in [9.17, 15) is 0 Å². The summed E-state index contributed by atoms with van der Waals surface area (Å²) in [4.78, 5) is 0. The molecule has 0 saturated carbocycles. The second-order valence-electron chi connectivity index (χ2n) is 4.52. The summed E-state index contributed by atoms with van der Waals surface area (Å²) in [5, 5.41) is 3.09. The lowest BCUT2D eigenvalue weighted by atomic mass is 10.3. The Bertz CT molecular complexity index is 545. The molecule has 0 fully saturated rings. The van der Waals surface area contributed by atoms with Crippen LogP contribution in [0.25, 0.3) is 0 Å². The second kappa shape index (κ2) is 8.27. The highest BCUT2D eigenvalue weighted by Crippen LogP contribution is 2.17. The van der Waals surface area contributed by atoms with E-state index >= 15 is 0 Å². The van der Waals surface area contributed by atoms with Gasteiger partial charge in [0.1, 0.15) is 11.9 Å². The van der Waals surface area contributed by atoms with Gasteiger partial charge in [-0.3, -0.25) is 0 Å². The van der Waals surface area contributed by atoms with Crippen LogP contribution in [-0.2, 0) is 4.18 Å². The molecule has 2 aromatic carbocycles. The fourth-order valence-corrected chi connectivity index (χ4v) is 2.18. The van der Waals surface area contributed by atoms with Crippen LogP contribution in [0.3, 0.4) is 0 Å². The summed E-state index contributed by atoms with van der Waals surface area (Å²) >= 11 is 1.32.